The molecule has 0 fully saturated rings. The third kappa shape index (κ3) is 4.09. The largest absolute Gasteiger partial charge is 0.481 e. The van der Waals surface area contributed by atoms with E-state index >= 15 is 0 Å². The second kappa shape index (κ2) is 5.83. The van der Waals surface area contributed by atoms with Gasteiger partial charge in [0, 0.05) is 0 Å². The summed E-state index contributed by atoms with van der Waals surface area (Å²) in [6, 6.07) is 0. The van der Waals surface area contributed by atoms with Crippen molar-refractivity contribution < 1.29 is 39.6 Å². The number of hydrogen-bond acceptors (Lipinski definition) is 4. The van der Waals surface area contributed by atoms with Crippen molar-refractivity contribution in [3.63, 3.8) is 0 Å². The molecule has 0 aromatic rings. The highest BCUT2D eigenvalue weighted by atomic mass is 16.4. The van der Waals surface area contributed by atoms with E-state index in [1.807, 2.05) is 0 Å². The van der Waals surface area contributed by atoms with E-state index in [9.17, 15) is 19.2 Å². The summed E-state index contributed by atoms with van der Waals surface area (Å²) in [6.45, 7) is 1.09. The van der Waals surface area contributed by atoms with Gasteiger partial charge in [0.25, 0.3) is 0 Å². The van der Waals surface area contributed by atoms with E-state index < -0.39 is 48.1 Å². The van der Waals surface area contributed by atoms with Crippen molar-refractivity contribution in [1.82, 2.24) is 0 Å². The number of carboxylic acid groups (broad SMARTS) is 4. The van der Waals surface area contributed by atoms with E-state index in [0.29, 0.717) is 0 Å². The third-order valence-corrected chi connectivity index (χ3v) is 2.40. The number of aliphatic carboxylic acids is 4. The SMILES string of the molecule is CC(C(=O)O)C(CC(C(=O)O)C(=O)O)C(=O)O. The van der Waals surface area contributed by atoms with Crippen molar-refractivity contribution in [2.75, 3.05) is 0 Å². The van der Waals surface area contributed by atoms with Crippen LogP contribution in [0, 0.1) is 17.8 Å². The summed E-state index contributed by atoms with van der Waals surface area (Å²) in [7, 11) is 0. The summed E-state index contributed by atoms with van der Waals surface area (Å²) >= 11 is 0. The van der Waals surface area contributed by atoms with Gasteiger partial charge in [-0.05, 0) is 6.42 Å². The quantitative estimate of drug-likeness (QED) is 0.444. The van der Waals surface area contributed by atoms with Crippen LogP contribution in [0.15, 0.2) is 0 Å². The lowest BCUT2D eigenvalue weighted by molar-refractivity contribution is -0.160. The van der Waals surface area contributed by atoms with Crippen molar-refractivity contribution in [2.45, 2.75) is 13.3 Å². The zero-order valence-electron chi connectivity index (χ0n) is 8.86. The third-order valence-electron chi connectivity index (χ3n) is 2.40. The lowest BCUT2D eigenvalue weighted by Gasteiger charge is -2.18. The normalized spacial score (nSPS) is 14.0. The molecular weight excluding hydrogens is 236 g/mol. The molecule has 2 unspecified atom stereocenters. The Hall–Kier alpha value is -2.12. The molecule has 0 aliphatic carbocycles. The average Bonchev–Trinajstić information content (AvgIpc) is 2.15. The molecule has 0 aromatic heterocycles. The minimum Gasteiger partial charge on any atom is -0.481 e. The fraction of sp³-hybridized carbons (Fsp3) is 0.556. The smallest absolute Gasteiger partial charge is 0.317 e. The van der Waals surface area contributed by atoms with Crippen molar-refractivity contribution in [3.05, 3.63) is 0 Å². The van der Waals surface area contributed by atoms with Crippen LogP contribution in [0.3, 0.4) is 0 Å². The molecule has 17 heavy (non-hydrogen) atoms. The minimum atomic E-state index is -1.93. The lowest BCUT2D eigenvalue weighted by atomic mass is 9.85. The average molecular weight is 248 g/mol. The number of rotatable bonds is 7. The molecule has 4 N–H and O–H groups in total. The van der Waals surface area contributed by atoms with E-state index in [-0.39, 0.29) is 0 Å². The molecule has 0 saturated carbocycles. The van der Waals surface area contributed by atoms with Crippen LogP contribution in [0.4, 0.5) is 0 Å². The highest BCUT2D eigenvalue weighted by Gasteiger charge is 2.37. The van der Waals surface area contributed by atoms with Crippen LogP contribution in [-0.4, -0.2) is 44.3 Å². The Morgan fingerprint density at radius 1 is 0.824 bits per heavy atom. The topological polar surface area (TPSA) is 149 Å². The zero-order valence-corrected chi connectivity index (χ0v) is 8.86. The first-order valence-electron chi connectivity index (χ1n) is 4.59. The molecule has 0 aliphatic rings. The number of carboxylic acids is 4. The number of hydrogen-bond donors (Lipinski definition) is 4. The molecule has 96 valence electrons. The summed E-state index contributed by atoms with van der Waals surface area (Å²) in [6.07, 6.45) is -0.770. The standard InChI is InChI=1S/C9H12O8/c1-3(6(10)11)4(7(12)13)2-5(8(14)15)9(16)17/h3-5H,2H2,1H3,(H,10,11)(H,12,13)(H,14,15)(H,16,17). The molecule has 0 rings (SSSR count). The van der Waals surface area contributed by atoms with E-state index in [0.717, 1.165) is 6.92 Å². The Labute approximate surface area is 95.5 Å². The first-order valence-corrected chi connectivity index (χ1v) is 4.59. The second-order valence-electron chi connectivity index (χ2n) is 3.54. The van der Waals surface area contributed by atoms with Crippen molar-refractivity contribution in [2.24, 2.45) is 17.8 Å². The van der Waals surface area contributed by atoms with Crippen LogP contribution < -0.4 is 0 Å². The molecule has 0 saturated heterocycles. The maximum absolute atomic E-state index is 10.8. The van der Waals surface area contributed by atoms with Crippen LogP contribution in [0.5, 0.6) is 0 Å². The van der Waals surface area contributed by atoms with Gasteiger partial charge in [0.05, 0.1) is 11.8 Å². The van der Waals surface area contributed by atoms with Crippen molar-refractivity contribution in [1.29, 1.82) is 0 Å². The summed E-state index contributed by atoms with van der Waals surface area (Å²) in [5.74, 6) is -11.2. The van der Waals surface area contributed by atoms with Gasteiger partial charge in [-0.25, -0.2) is 0 Å². The van der Waals surface area contributed by atoms with Crippen LogP contribution in [0.2, 0.25) is 0 Å². The van der Waals surface area contributed by atoms with Crippen LogP contribution in [-0.2, 0) is 19.2 Å². The van der Waals surface area contributed by atoms with Gasteiger partial charge in [-0.2, -0.15) is 0 Å². The maximum atomic E-state index is 10.8. The Morgan fingerprint density at radius 2 is 1.24 bits per heavy atom. The molecule has 0 aliphatic heterocycles. The molecule has 0 heterocycles. The minimum absolute atomic E-state index is 0.770. The molecule has 0 radical (unpaired) electrons. The van der Waals surface area contributed by atoms with Gasteiger partial charge in [-0.3, -0.25) is 19.2 Å². The summed E-state index contributed by atoms with van der Waals surface area (Å²) in [5.41, 5.74) is 0. The van der Waals surface area contributed by atoms with E-state index in [4.69, 9.17) is 20.4 Å². The fourth-order valence-corrected chi connectivity index (χ4v) is 1.25. The zero-order chi connectivity index (χ0) is 13.7. The molecule has 0 spiro atoms. The Morgan fingerprint density at radius 3 is 1.47 bits per heavy atom. The maximum Gasteiger partial charge on any atom is 0.317 e. The van der Waals surface area contributed by atoms with Crippen molar-refractivity contribution >= 4 is 23.9 Å². The molecule has 0 bridgehead atoms. The molecule has 2 atom stereocenters. The van der Waals surface area contributed by atoms with Gasteiger partial charge in [0.1, 0.15) is 0 Å². The lowest BCUT2D eigenvalue weighted by Crippen LogP contribution is -2.34. The summed E-state index contributed by atoms with van der Waals surface area (Å²) in [4.78, 5) is 42.5. The van der Waals surface area contributed by atoms with E-state index in [2.05, 4.69) is 0 Å². The first kappa shape index (κ1) is 14.9. The molecule has 8 heteroatoms. The highest BCUT2D eigenvalue weighted by molar-refractivity contribution is 5.93. The molecule has 8 nitrogen and oxygen atoms in total. The predicted octanol–water partition coefficient (Wildman–Crippen LogP) is -0.417. The molecule has 0 aromatic carbocycles. The highest BCUT2D eigenvalue weighted by Crippen LogP contribution is 2.22. The fourth-order valence-electron chi connectivity index (χ4n) is 1.25. The Balaban J connectivity index is 4.98. The van der Waals surface area contributed by atoms with E-state index in [1.54, 1.807) is 0 Å². The van der Waals surface area contributed by atoms with Crippen LogP contribution in [0.1, 0.15) is 13.3 Å². The van der Waals surface area contributed by atoms with E-state index in [1.165, 1.54) is 0 Å². The van der Waals surface area contributed by atoms with Gasteiger partial charge < -0.3 is 20.4 Å². The van der Waals surface area contributed by atoms with Gasteiger partial charge in [-0.1, -0.05) is 6.92 Å². The number of carbonyl (C=O) groups is 4. The Kier molecular flexibility index (Phi) is 5.10. The predicted molar refractivity (Wildman–Crippen MR) is 51.3 cm³/mol. The molecular formula is C9H12O8. The van der Waals surface area contributed by atoms with Gasteiger partial charge >= 0.3 is 23.9 Å². The summed E-state index contributed by atoms with van der Waals surface area (Å²) < 4.78 is 0. The Bertz CT molecular complexity index is 333. The first-order chi connectivity index (χ1) is 7.68. The second-order valence-corrected chi connectivity index (χ2v) is 3.54. The van der Waals surface area contributed by atoms with Gasteiger partial charge in [0.2, 0.25) is 0 Å². The monoisotopic (exact) mass is 248 g/mol. The van der Waals surface area contributed by atoms with Crippen LogP contribution in [0.25, 0.3) is 0 Å². The summed E-state index contributed by atoms with van der Waals surface area (Å²) in [5, 5.41) is 34.5. The van der Waals surface area contributed by atoms with Crippen molar-refractivity contribution in [3.8, 4) is 0 Å². The van der Waals surface area contributed by atoms with Gasteiger partial charge in [0.15, 0.2) is 5.92 Å². The van der Waals surface area contributed by atoms with Crippen LogP contribution >= 0.6 is 0 Å². The van der Waals surface area contributed by atoms with Gasteiger partial charge in [-0.15, -0.1) is 0 Å². The molecule has 0 amide bonds.